The maximum absolute atomic E-state index is 13.1. The number of hydrogen-bond donors (Lipinski definition) is 0. The van der Waals surface area contributed by atoms with Gasteiger partial charge in [-0.15, -0.1) is 0 Å². The van der Waals surface area contributed by atoms with Crippen LogP contribution in [0.5, 0.6) is 11.6 Å². The highest BCUT2D eigenvalue weighted by molar-refractivity contribution is 5.27. The molecular weight excluding hydrogens is 183 g/mol. The lowest BCUT2D eigenvalue weighted by Crippen LogP contribution is -1.90. The van der Waals surface area contributed by atoms with Gasteiger partial charge in [-0.2, -0.15) is 0 Å². The van der Waals surface area contributed by atoms with Gasteiger partial charge in [0.25, 0.3) is 0 Å². The zero-order chi connectivity index (χ0) is 9.80. The highest BCUT2D eigenvalue weighted by Gasteiger charge is 2.02. The summed E-state index contributed by atoms with van der Waals surface area (Å²) in [4.78, 5) is 7.66. The van der Waals surface area contributed by atoms with Crippen molar-refractivity contribution < 1.29 is 9.13 Å². The standard InChI is InChI=1S/C10H7FN2O/c11-8-3-1-2-4-9(8)14-10-7-12-5-6-13-10/h1-7H. The molecule has 0 atom stereocenters. The molecule has 0 saturated heterocycles. The van der Waals surface area contributed by atoms with Crippen molar-refractivity contribution in [1.82, 2.24) is 9.97 Å². The predicted octanol–water partition coefficient (Wildman–Crippen LogP) is 2.41. The summed E-state index contributed by atoms with van der Waals surface area (Å²) in [5.41, 5.74) is 0. The van der Waals surface area contributed by atoms with E-state index in [0.717, 1.165) is 0 Å². The van der Waals surface area contributed by atoms with Crippen molar-refractivity contribution in [1.29, 1.82) is 0 Å². The van der Waals surface area contributed by atoms with E-state index < -0.39 is 5.82 Å². The third-order valence-corrected chi connectivity index (χ3v) is 1.59. The summed E-state index contributed by atoms with van der Waals surface area (Å²) in [6.07, 6.45) is 4.43. The third kappa shape index (κ3) is 1.85. The lowest BCUT2D eigenvalue weighted by atomic mass is 10.3. The fourth-order valence-corrected chi connectivity index (χ4v) is 0.978. The van der Waals surface area contributed by atoms with E-state index in [9.17, 15) is 4.39 Å². The van der Waals surface area contributed by atoms with Gasteiger partial charge in [-0.3, -0.25) is 4.98 Å². The lowest BCUT2D eigenvalue weighted by Gasteiger charge is -2.03. The largest absolute Gasteiger partial charge is 0.434 e. The van der Waals surface area contributed by atoms with Crippen LogP contribution in [0.25, 0.3) is 0 Å². The summed E-state index contributed by atoms with van der Waals surface area (Å²) < 4.78 is 18.3. The highest BCUT2D eigenvalue weighted by atomic mass is 19.1. The lowest BCUT2D eigenvalue weighted by molar-refractivity contribution is 0.425. The van der Waals surface area contributed by atoms with Gasteiger partial charge in [-0.05, 0) is 12.1 Å². The Balaban J connectivity index is 2.24. The summed E-state index contributed by atoms with van der Waals surface area (Å²) in [6, 6.07) is 6.14. The molecule has 0 N–H and O–H groups in total. The molecule has 0 spiro atoms. The van der Waals surface area contributed by atoms with Crippen molar-refractivity contribution in [3.05, 3.63) is 48.7 Å². The van der Waals surface area contributed by atoms with Gasteiger partial charge in [0.2, 0.25) is 5.88 Å². The molecule has 0 bridgehead atoms. The van der Waals surface area contributed by atoms with E-state index in [1.54, 1.807) is 12.1 Å². The molecule has 0 fully saturated rings. The van der Waals surface area contributed by atoms with E-state index in [-0.39, 0.29) is 11.6 Å². The van der Waals surface area contributed by atoms with Crippen molar-refractivity contribution >= 4 is 0 Å². The van der Waals surface area contributed by atoms with Crippen LogP contribution in [0.3, 0.4) is 0 Å². The molecule has 2 rings (SSSR count). The topological polar surface area (TPSA) is 35.0 Å². The average Bonchev–Trinajstić information content (AvgIpc) is 2.23. The molecule has 70 valence electrons. The zero-order valence-corrected chi connectivity index (χ0v) is 7.22. The van der Waals surface area contributed by atoms with Gasteiger partial charge < -0.3 is 4.74 Å². The van der Waals surface area contributed by atoms with Gasteiger partial charge >= 0.3 is 0 Å². The van der Waals surface area contributed by atoms with E-state index >= 15 is 0 Å². The SMILES string of the molecule is Fc1ccccc1Oc1cnccn1. The van der Waals surface area contributed by atoms with Gasteiger partial charge in [0, 0.05) is 12.4 Å². The predicted molar refractivity (Wildman–Crippen MR) is 48.5 cm³/mol. The van der Waals surface area contributed by atoms with E-state index in [1.165, 1.54) is 30.7 Å². The van der Waals surface area contributed by atoms with Crippen LogP contribution < -0.4 is 4.74 Å². The van der Waals surface area contributed by atoms with Crippen LogP contribution in [0.1, 0.15) is 0 Å². The molecule has 1 heterocycles. The number of rotatable bonds is 2. The Labute approximate surface area is 80.2 Å². The summed E-state index contributed by atoms with van der Waals surface area (Å²) in [7, 11) is 0. The summed E-state index contributed by atoms with van der Waals surface area (Å²) in [5, 5.41) is 0. The second-order valence-corrected chi connectivity index (χ2v) is 2.58. The first-order chi connectivity index (χ1) is 6.86. The number of halogens is 1. The van der Waals surface area contributed by atoms with Crippen LogP contribution in [0.15, 0.2) is 42.9 Å². The second-order valence-electron chi connectivity index (χ2n) is 2.58. The number of aromatic nitrogens is 2. The molecule has 0 aliphatic carbocycles. The molecule has 0 amide bonds. The Hall–Kier alpha value is -1.97. The summed E-state index contributed by atoms with van der Waals surface area (Å²) in [5.74, 6) is 0.00348. The third-order valence-electron chi connectivity index (χ3n) is 1.59. The summed E-state index contributed by atoms with van der Waals surface area (Å²) in [6.45, 7) is 0. The molecule has 3 nitrogen and oxygen atoms in total. The molecule has 0 radical (unpaired) electrons. The van der Waals surface area contributed by atoms with Gasteiger partial charge in [0.15, 0.2) is 11.6 Å². The number of para-hydroxylation sites is 1. The fourth-order valence-electron chi connectivity index (χ4n) is 0.978. The van der Waals surface area contributed by atoms with Crippen LogP contribution in [-0.4, -0.2) is 9.97 Å². The normalized spacial score (nSPS) is 9.79. The number of ether oxygens (including phenoxy) is 1. The number of hydrogen-bond acceptors (Lipinski definition) is 3. The van der Waals surface area contributed by atoms with Crippen molar-refractivity contribution in [2.24, 2.45) is 0 Å². The monoisotopic (exact) mass is 190 g/mol. The minimum atomic E-state index is -0.418. The maximum Gasteiger partial charge on any atom is 0.237 e. The molecule has 0 aliphatic rings. The molecule has 4 heteroatoms. The Morgan fingerprint density at radius 3 is 2.71 bits per heavy atom. The first kappa shape index (κ1) is 8.62. The minimum absolute atomic E-state index is 0.146. The van der Waals surface area contributed by atoms with Crippen molar-refractivity contribution in [2.75, 3.05) is 0 Å². The molecule has 0 aliphatic heterocycles. The van der Waals surface area contributed by atoms with Gasteiger partial charge in [-0.1, -0.05) is 12.1 Å². The molecular formula is C10H7FN2O. The summed E-state index contributed by atoms with van der Waals surface area (Å²) >= 11 is 0. The van der Waals surface area contributed by atoms with Crippen LogP contribution in [0, 0.1) is 5.82 Å². The van der Waals surface area contributed by atoms with Crippen LogP contribution in [0.2, 0.25) is 0 Å². The minimum Gasteiger partial charge on any atom is -0.434 e. The number of benzene rings is 1. The quantitative estimate of drug-likeness (QED) is 0.729. The van der Waals surface area contributed by atoms with Crippen LogP contribution in [0.4, 0.5) is 4.39 Å². The average molecular weight is 190 g/mol. The van der Waals surface area contributed by atoms with Crippen molar-refractivity contribution in [2.45, 2.75) is 0 Å². The van der Waals surface area contributed by atoms with Gasteiger partial charge in [0.05, 0.1) is 6.20 Å². The Kier molecular flexibility index (Phi) is 2.36. The zero-order valence-electron chi connectivity index (χ0n) is 7.22. The van der Waals surface area contributed by atoms with Gasteiger partial charge in [-0.25, -0.2) is 9.37 Å². The first-order valence-corrected chi connectivity index (χ1v) is 4.04. The first-order valence-electron chi connectivity index (χ1n) is 4.04. The number of nitrogens with zero attached hydrogens (tertiary/aromatic N) is 2. The van der Waals surface area contributed by atoms with Crippen LogP contribution >= 0.6 is 0 Å². The second kappa shape index (κ2) is 3.83. The Bertz CT molecular complexity index is 419. The maximum atomic E-state index is 13.1. The van der Waals surface area contributed by atoms with E-state index in [1.807, 2.05) is 0 Å². The Morgan fingerprint density at radius 1 is 1.14 bits per heavy atom. The van der Waals surface area contributed by atoms with E-state index in [0.29, 0.717) is 0 Å². The smallest absolute Gasteiger partial charge is 0.237 e. The fraction of sp³-hybridized carbons (Fsp3) is 0. The molecule has 1 aromatic carbocycles. The van der Waals surface area contributed by atoms with E-state index in [2.05, 4.69) is 9.97 Å². The van der Waals surface area contributed by atoms with Gasteiger partial charge in [0.1, 0.15) is 0 Å². The van der Waals surface area contributed by atoms with Crippen molar-refractivity contribution in [3.63, 3.8) is 0 Å². The molecule has 0 saturated carbocycles. The molecule has 1 aromatic heterocycles. The molecule has 2 aromatic rings. The van der Waals surface area contributed by atoms with Crippen molar-refractivity contribution in [3.8, 4) is 11.6 Å². The van der Waals surface area contributed by atoms with E-state index in [4.69, 9.17) is 4.74 Å². The molecule has 14 heavy (non-hydrogen) atoms. The highest BCUT2D eigenvalue weighted by Crippen LogP contribution is 2.20. The molecule has 0 unspecified atom stereocenters. The Morgan fingerprint density at radius 2 is 2.00 bits per heavy atom. The van der Waals surface area contributed by atoms with Crippen LogP contribution in [-0.2, 0) is 0 Å².